The number of ether oxygens (including phenoxy) is 2. The number of hydrogen-bond acceptors (Lipinski definition) is 4. The average molecular weight is 266 g/mol. The summed E-state index contributed by atoms with van der Waals surface area (Å²) in [5, 5.41) is 4.35. The van der Waals surface area contributed by atoms with E-state index in [-0.39, 0.29) is 0 Å². The lowest BCUT2D eigenvalue weighted by molar-refractivity contribution is 0.391. The van der Waals surface area contributed by atoms with Gasteiger partial charge in [-0.2, -0.15) is 0 Å². The second-order valence-corrected chi connectivity index (χ2v) is 5.16. The van der Waals surface area contributed by atoms with Crippen molar-refractivity contribution >= 4 is 16.9 Å². The van der Waals surface area contributed by atoms with Crippen LogP contribution in [0.3, 0.4) is 0 Å². The maximum Gasteiger partial charge on any atom is 0.157 e. The number of rotatable bonds is 4. The lowest BCUT2D eigenvalue weighted by Gasteiger charge is -2.09. The largest absolute Gasteiger partial charge is 0.497 e. The number of nitrogens with one attached hydrogen (secondary N) is 1. The summed E-state index contributed by atoms with van der Waals surface area (Å²) in [5.41, 5.74) is 1.06. The van der Waals surface area contributed by atoms with Gasteiger partial charge in [0, 0.05) is 23.4 Å². The lowest BCUT2D eigenvalue weighted by Crippen LogP contribution is -2.23. The molecule has 0 saturated carbocycles. The van der Waals surface area contributed by atoms with E-state index in [0.717, 1.165) is 28.0 Å². The predicted octanol–water partition coefficient (Wildman–Crippen LogP) is 2.28. The molecule has 5 heteroatoms. The SMILES string of the molecule is COc1ccc(CN=C2NC(C)CS2)c(OC)c1. The zero-order valence-electron chi connectivity index (χ0n) is 10.9. The number of thioether (sulfide) groups is 1. The molecule has 0 bridgehead atoms. The van der Waals surface area contributed by atoms with E-state index in [2.05, 4.69) is 17.2 Å². The molecule has 0 aliphatic carbocycles. The highest BCUT2D eigenvalue weighted by Gasteiger charge is 2.15. The molecule has 4 nitrogen and oxygen atoms in total. The molecule has 98 valence electrons. The molecule has 1 aromatic carbocycles. The van der Waals surface area contributed by atoms with Gasteiger partial charge in [0.25, 0.3) is 0 Å². The van der Waals surface area contributed by atoms with E-state index in [1.54, 1.807) is 26.0 Å². The first-order chi connectivity index (χ1) is 8.72. The summed E-state index contributed by atoms with van der Waals surface area (Å²) in [7, 11) is 3.31. The quantitative estimate of drug-likeness (QED) is 0.908. The molecule has 1 aliphatic heterocycles. The van der Waals surface area contributed by atoms with E-state index in [1.807, 2.05) is 18.2 Å². The van der Waals surface area contributed by atoms with Crippen molar-refractivity contribution in [3.05, 3.63) is 23.8 Å². The topological polar surface area (TPSA) is 42.8 Å². The molecular weight excluding hydrogens is 248 g/mol. The Hall–Kier alpha value is -1.36. The van der Waals surface area contributed by atoms with Gasteiger partial charge in [-0.1, -0.05) is 11.8 Å². The molecule has 1 heterocycles. The Morgan fingerprint density at radius 1 is 1.39 bits per heavy atom. The zero-order chi connectivity index (χ0) is 13.0. The highest BCUT2D eigenvalue weighted by atomic mass is 32.2. The summed E-state index contributed by atoms with van der Waals surface area (Å²) in [6.45, 7) is 2.78. The molecule has 1 atom stereocenters. The highest BCUT2D eigenvalue weighted by molar-refractivity contribution is 8.14. The minimum atomic E-state index is 0.506. The molecule has 0 radical (unpaired) electrons. The Morgan fingerprint density at radius 2 is 2.22 bits per heavy atom. The fraction of sp³-hybridized carbons (Fsp3) is 0.462. The van der Waals surface area contributed by atoms with Gasteiger partial charge in [-0.15, -0.1) is 0 Å². The van der Waals surface area contributed by atoms with E-state index in [0.29, 0.717) is 12.6 Å². The van der Waals surface area contributed by atoms with Gasteiger partial charge in [-0.25, -0.2) is 0 Å². The van der Waals surface area contributed by atoms with Crippen LogP contribution in [0.15, 0.2) is 23.2 Å². The number of benzene rings is 1. The first kappa shape index (κ1) is 13.1. The second kappa shape index (κ2) is 6.00. The Labute approximate surface area is 112 Å². The molecule has 1 unspecified atom stereocenters. The van der Waals surface area contributed by atoms with Crippen LogP contribution in [0.5, 0.6) is 11.5 Å². The van der Waals surface area contributed by atoms with Gasteiger partial charge in [0.15, 0.2) is 5.17 Å². The van der Waals surface area contributed by atoms with E-state index in [9.17, 15) is 0 Å². The third-order valence-electron chi connectivity index (χ3n) is 2.73. The third kappa shape index (κ3) is 3.10. The van der Waals surface area contributed by atoms with Crippen LogP contribution in [0, 0.1) is 0 Å². The van der Waals surface area contributed by atoms with Crippen molar-refractivity contribution < 1.29 is 9.47 Å². The Bertz CT molecular complexity index is 449. The smallest absolute Gasteiger partial charge is 0.157 e. The maximum atomic E-state index is 5.35. The first-order valence-corrected chi connectivity index (χ1v) is 6.86. The van der Waals surface area contributed by atoms with Gasteiger partial charge in [0.05, 0.1) is 20.8 Å². The highest BCUT2D eigenvalue weighted by Crippen LogP contribution is 2.25. The van der Waals surface area contributed by atoms with Crippen molar-refractivity contribution in [2.24, 2.45) is 4.99 Å². The van der Waals surface area contributed by atoms with Gasteiger partial charge in [0.2, 0.25) is 0 Å². The van der Waals surface area contributed by atoms with Gasteiger partial charge < -0.3 is 14.8 Å². The third-order valence-corrected chi connectivity index (χ3v) is 3.91. The van der Waals surface area contributed by atoms with Crippen molar-refractivity contribution in [2.75, 3.05) is 20.0 Å². The molecule has 1 fully saturated rings. The Morgan fingerprint density at radius 3 is 2.83 bits per heavy atom. The minimum absolute atomic E-state index is 0.506. The lowest BCUT2D eigenvalue weighted by atomic mass is 10.2. The average Bonchev–Trinajstić information content (AvgIpc) is 2.82. The predicted molar refractivity (Wildman–Crippen MR) is 75.7 cm³/mol. The van der Waals surface area contributed by atoms with E-state index >= 15 is 0 Å². The van der Waals surface area contributed by atoms with Crippen LogP contribution < -0.4 is 14.8 Å². The number of methoxy groups -OCH3 is 2. The molecule has 1 saturated heterocycles. The summed E-state index contributed by atoms with van der Waals surface area (Å²) in [5.74, 6) is 2.69. The van der Waals surface area contributed by atoms with Crippen molar-refractivity contribution in [2.45, 2.75) is 19.5 Å². The Kier molecular flexibility index (Phi) is 4.36. The molecule has 0 spiro atoms. The van der Waals surface area contributed by atoms with Gasteiger partial charge in [0.1, 0.15) is 11.5 Å². The summed E-state index contributed by atoms with van der Waals surface area (Å²) in [6, 6.07) is 6.31. The van der Waals surface area contributed by atoms with Crippen LogP contribution >= 0.6 is 11.8 Å². The fourth-order valence-electron chi connectivity index (χ4n) is 1.73. The van der Waals surface area contributed by atoms with Crippen LogP contribution in [-0.4, -0.2) is 31.2 Å². The van der Waals surface area contributed by atoms with Crippen molar-refractivity contribution in [3.8, 4) is 11.5 Å². The zero-order valence-corrected chi connectivity index (χ0v) is 11.7. The van der Waals surface area contributed by atoms with Crippen LogP contribution in [0.25, 0.3) is 0 Å². The Balaban J connectivity index is 2.09. The monoisotopic (exact) mass is 266 g/mol. The number of aliphatic imine (C=N–C) groups is 1. The van der Waals surface area contributed by atoms with Crippen LogP contribution in [-0.2, 0) is 6.54 Å². The van der Waals surface area contributed by atoms with Gasteiger partial charge >= 0.3 is 0 Å². The van der Waals surface area contributed by atoms with E-state index < -0.39 is 0 Å². The molecule has 2 rings (SSSR count). The molecule has 1 aliphatic rings. The van der Waals surface area contributed by atoms with Crippen LogP contribution in [0.2, 0.25) is 0 Å². The van der Waals surface area contributed by atoms with Crippen LogP contribution in [0.1, 0.15) is 12.5 Å². The van der Waals surface area contributed by atoms with Crippen LogP contribution in [0.4, 0.5) is 0 Å². The summed E-state index contributed by atoms with van der Waals surface area (Å²) < 4.78 is 10.5. The summed E-state index contributed by atoms with van der Waals surface area (Å²) >= 11 is 1.76. The molecule has 0 aromatic heterocycles. The molecular formula is C13H18N2O2S. The van der Waals surface area contributed by atoms with Gasteiger partial charge in [-0.05, 0) is 19.1 Å². The fourth-order valence-corrected chi connectivity index (χ4v) is 2.66. The minimum Gasteiger partial charge on any atom is -0.497 e. The number of amidine groups is 1. The van der Waals surface area contributed by atoms with E-state index in [1.165, 1.54) is 0 Å². The standard InChI is InChI=1S/C13H18N2O2S/c1-9-8-18-13(15-9)14-7-10-4-5-11(16-2)6-12(10)17-3/h4-6,9H,7-8H2,1-3H3,(H,14,15). The van der Waals surface area contributed by atoms with E-state index in [4.69, 9.17) is 9.47 Å². The maximum absolute atomic E-state index is 5.35. The van der Waals surface area contributed by atoms with Crippen molar-refractivity contribution in [3.63, 3.8) is 0 Å². The first-order valence-electron chi connectivity index (χ1n) is 5.87. The molecule has 1 N–H and O–H groups in total. The molecule has 1 aromatic rings. The summed E-state index contributed by atoms with van der Waals surface area (Å²) in [6.07, 6.45) is 0. The number of nitrogens with zero attached hydrogens (tertiary/aromatic N) is 1. The molecule has 0 amide bonds. The normalized spacial score (nSPS) is 20.8. The second-order valence-electron chi connectivity index (χ2n) is 4.16. The summed E-state index contributed by atoms with van der Waals surface area (Å²) in [4.78, 5) is 4.56. The van der Waals surface area contributed by atoms with Gasteiger partial charge in [-0.3, -0.25) is 4.99 Å². The van der Waals surface area contributed by atoms with Crippen molar-refractivity contribution in [1.29, 1.82) is 0 Å². The van der Waals surface area contributed by atoms with Crippen molar-refractivity contribution in [1.82, 2.24) is 5.32 Å². The number of hydrogen-bond donors (Lipinski definition) is 1. The molecule has 18 heavy (non-hydrogen) atoms.